The van der Waals surface area contributed by atoms with Crippen molar-refractivity contribution in [2.75, 3.05) is 0 Å². The Hall–Kier alpha value is -5.13. The van der Waals surface area contributed by atoms with Gasteiger partial charge < -0.3 is 20.0 Å². The minimum Gasteiger partial charge on any atom is -0.445 e. The SMILES string of the molecule is O=C(OCc1ccccc1)N1[C@@H]2C[C@@H]2C[C@H]1c1nc2ccc3cc(C#Cc4ccc5nc([C@@H]6CC7CC7N6)[nH]c5c4)ccc3c2[nH]1. The van der Waals surface area contributed by atoms with Crippen molar-refractivity contribution in [3.8, 4) is 11.8 Å². The third kappa shape index (κ3) is 4.45. The van der Waals surface area contributed by atoms with Gasteiger partial charge in [0.2, 0.25) is 0 Å². The molecule has 2 aliphatic carbocycles. The van der Waals surface area contributed by atoms with Gasteiger partial charge in [0.15, 0.2) is 0 Å². The molecule has 8 heteroatoms. The Morgan fingerprint density at radius 2 is 1.65 bits per heavy atom. The molecule has 2 aromatic heterocycles. The molecular formula is C38H32N6O2. The lowest BCUT2D eigenvalue weighted by molar-refractivity contribution is 0.0833. The molecule has 6 atom stereocenters. The first-order valence-electron chi connectivity index (χ1n) is 16.3. The van der Waals surface area contributed by atoms with Crippen LogP contribution in [0.5, 0.6) is 0 Å². The van der Waals surface area contributed by atoms with Crippen molar-refractivity contribution in [2.24, 2.45) is 11.8 Å². The lowest BCUT2D eigenvalue weighted by Crippen LogP contribution is -2.34. The van der Waals surface area contributed by atoms with Gasteiger partial charge in [0.25, 0.3) is 0 Å². The molecule has 4 heterocycles. The number of hydrogen-bond acceptors (Lipinski definition) is 5. The number of nitrogens with zero attached hydrogens (tertiary/aromatic N) is 3. The van der Waals surface area contributed by atoms with E-state index in [4.69, 9.17) is 14.7 Å². The number of amides is 1. The molecule has 4 fully saturated rings. The molecular weight excluding hydrogens is 572 g/mol. The first kappa shape index (κ1) is 26.1. The van der Waals surface area contributed by atoms with Gasteiger partial charge in [-0.3, -0.25) is 4.90 Å². The minimum absolute atomic E-state index is 0.108. The topological polar surface area (TPSA) is 98.9 Å². The quantitative estimate of drug-likeness (QED) is 0.191. The Labute approximate surface area is 265 Å². The van der Waals surface area contributed by atoms with Crippen LogP contribution < -0.4 is 5.32 Å². The number of aromatic amines is 2. The smallest absolute Gasteiger partial charge is 0.410 e. The van der Waals surface area contributed by atoms with Crippen LogP contribution in [0.4, 0.5) is 4.79 Å². The zero-order valence-electron chi connectivity index (χ0n) is 25.2. The highest BCUT2D eigenvalue weighted by Crippen LogP contribution is 2.53. The number of piperidine rings is 2. The molecule has 6 aromatic rings. The second-order valence-electron chi connectivity index (χ2n) is 13.4. The second-order valence-corrected chi connectivity index (χ2v) is 13.4. The van der Waals surface area contributed by atoms with E-state index in [1.165, 1.54) is 12.8 Å². The lowest BCUT2D eigenvalue weighted by Gasteiger charge is -2.25. The van der Waals surface area contributed by atoms with E-state index >= 15 is 0 Å². The van der Waals surface area contributed by atoms with Gasteiger partial charge in [0, 0.05) is 28.6 Å². The van der Waals surface area contributed by atoms with E-state index in [1.54, 1.807) is 0 Å². The van der Waals surface area contributed by atoms with E-state index in [0.717, 1.165) is 79.9 Å². The number of carbonyl (C=O) groups is 1. The molecule has 10 rings (SSSR count). The molecule has 226 valence electrons. The Kier molecular flexibility index (Phi) is 5.64. The van der Waals surface area contributed by atoms with E-state index < -0.39 is 0 Å². The summed E-state index contributed by atoms with van der Waals surface area (Å²) in [5.74, 6) is 9.93. The van der Waals surface area contributed by atoms with Crippen molar-refractivity contribution in [1.82, 2.24) is 30.2 Å². The maximum atomic E-state index is 13.2. The van der Waals surface area contributed by atoms with Crippen molar-refractivity contribution in [1.29, 1.82) is 0 Å². The van der Waals surface area contributed by atoms with Crippen LogP contribution in [0.1, 0.15) is 66.1 Å². The predicted molar refractivity (Wildman–Crippen MR) is 176 cm³/mol. The van der Waals surface area contributed by atoms with Gasteiger partial charge in [-0.1, -0.05) is 54.3 Å². The zero-order chi connectivity index (χ0) is 30.4. The number of carbonyl (C=O) groups excluding carboxylic acids is 1. The maximum absolute atomic E-state index is 13.2. The highest BCUT2D eigenvalue weighted by molar-refractivity contribution is 6.04. The van der Waals surface area contributed by atoms with Gasteiger partial charge in [-0.25, -0.2) is 14.8 Å². The molecule has 2 aliphatic heterocycles. The first-order chi connectivity index (χ1) is 22.6. The number of likely N-dealkylation sites (tertiary alicyclic amines) is 1. The van der Waals surface area contributed by atoms with Crippen molar-refractivity contribution in [3.63, 3.8) is 0 Å². The van der Waals surface area contributed by atoms with Crippen LogP contribution in [-0.2, 0) is 11.3 Å². The zero-order valence-corrected chi connectivity index (χ0v) is 25.2. The predicted octanol–water partition coefficient (Wildman–Crippen LogP) is 6.89. The summed E-state index contributed by atoms with van der Waals surface area (Å²) in [7, 11) is 0. The highest BCUT2D eigenvalue weighted by Gasteiger charge is 2.56. The Morgan fingerprint density at radius 1 is 0.826 bits per heavy atom. The molecule has 0 bridgehead atoms. The molecule has 0 radical (unpaired) electrons. The Morgan fingerprint density at radius 3 is 2.52 bits per heavy atom. The fourth-order valence-electron chi connectivity index (χ4n) is 7.77. The monoisotopic (exact) mass is 604 g/mol. The van der Waals surface area contributed by atoms with Crippen LogP contribution >= 0.6 is 0 Å². The number of fused-ring (bicyclic) bond motifs is 6. The van der Waals surface area contributed by atoms with Gasteiger partial charge in [0.05, 0.1) is 34.2 Å². The molecule has 1 amide bonds. The standard InChI is InChI=1S/C38H32N6O2/c45-38(46-20-23-4-2-1-3-5-23)44-33-18-26(33)19-34(44)37-41-29-13-10-24-14-21(8-11-27(24)35(29)43-37)6-7-22-9-12-28-31(15-22)42-36(40-28)32-17-25-16-30(25)39-32/h1-5,8-15,25-26,30,32-34,39H,16-20H2,(H,40,42)(H,41,43)/t25?,26-,30?,32+,33-,34+/m1/s1. The molecule has 2 unspecified atom stereocenters. The maximum Gasteiger partial charge on any atom is 0.410 e. The summed E-state index contributed by atoms with van der Waals surface area (Å²) < 4.78 is 5.75. The third-order valence-corrected chi connectivity index (χ3v) is 10.4. The Balaban J connectivity index is 0.891. The third-order valence-electron chi connectivity index (χ3n) is 10.4. The Bertz CT molecular complexity index is 2230. The van der Waals surface area contributed by atoms with Crippen molar-refractivity contribution in [3.05, 3.63) is 107 Å². The van der Waals surface area contributed by atoms with Crippen LogP contribution in [0.15, 0.2) is 78.9 Å². The average molecular weight is 605 g/mol. The van der Waals surface area contributed by atoms with Gasteiger partial charge in [-0.05, 0) is 84.9 Å². The van der Waals surface area contributed by atoms with Crippen LogP contribution in [-0.4, -0.2) is 43.0 Å². The van der Waals surface area contributed by atoms with Gasteiger partial charge in [-0.15, -0.1) is 0 Å². The van der Waals surface area contributed by atoms with E-state index in [0.29, 0.717) is 18.0 Å². The summed E-state index contributed by atoms with van der Waals surface area (Å²) in [5.41, 5.74) is 6.80. The van der Waals surface area contributed by atoms with Gasteiger partial charge in [-0.2, -0.15) is 0 Å². The summed E-state index contributed by atoms with van der Waals surface area (Å²) in [4.78, 5) is 32.1. The van der Waals surface area contributed by atoms with Crippen LogP contribution in [0.3, 0.4) is 0 Å². The summed E-state index contributed by atoms with van der Waals surface area (Å²) in [6.07, 6.45) is 4.18. The second kappa shape index (κ2) is 9.93. The minimum atomic E-state index is -0.262. The van der Waals surface area contributed by atoms with E-state index in [-0.39, 0.29) is 24.8 Å². The first-order valence-corrected chi connectivity index (χ1v) is 16.3. The number of aromatic nitrogens is 4. The average Bonchev–Trinajstić information content (AvgIpc) is 3.70. The number of ether oxygens (including phenoxy) is 1. The van der Waals surface area contributed by atoms with Gasteiger partial charge in [0.1, 0.15) is 18.3 Å². The van der Waals surface area contributed by atoms with Crippen molar-refractivity contribution < 1.29 is 9.53 Å². The molecule has 3 N–H and O–H groups in total. The fraction of sp³-hybridized carbons (Fsp3) is 0.289. The number of imidazole rings is 2. The number of nitrogens with one attached hydrogen (secondary N) is 3. The fourth-order valence-corrected chi connectivity index (χ4v) is 7.77. The van der Waals surface area contributed by atoms with Crippen LogP contribution in [0.25, 0.3) is 32.8 Å². The van der Waals surface area contributed by atoms with Crippen LogP contribution in [0.2, 0.25) is 0 Å². The van der Waals surface area contributed by atoms with E-state index in [9.17, 15) is 4.79 Å². The van der Waals surface area contributed by atoms with E-state index in [2.05, 4.69) is 69.6 Å². The molecule has 0 spiro atoms. The summed E-state index contributed by atoms with van der Waals surface area (Å²) in [6.45, 7) is 0.272. The largest absolute Gasteiger partial charge is 0.445 e. The molecule has 8 nitrogen and oxygen atoms in total. The van der Waals surface area contributed by atoms with Gasteiger partial charge >= 0.3 is 6.09 Å². The highest BCUT2D eigenvalue weighted by atomic mass is 16.6. The number of H-pyrrole nitrogens is 2. The normalized spacial score (nSPS) is 25.8. The van der Waals surface area contributed by atoms with Crippen LogP contribution in [0, 0.1) is 23.7 Å². The lowest BCUT2D eigenvalue weighted by atomic mass is 10.1. The van der Waals surface area contributed by atoms with Crippen molar-refractivity contribution >= 4 is 38.9 Å². The molecule has 46 heavy (non-hydrogen) atoms. The molecule has 4 aliphatic rings. The van der Waals surface area contributed by atoms with Crippen molar-refractivity contribution in [2.45, 2.75) is 56.5 Å². The number of rotatable bonds is 4. The molecule has 2 saturated heterocycles. The number of hydrogen-bond donors (Lipinski definition) is 3. The summed E-state index contributed by atoms with van der Waals surface area (Å²) >= 11 is 0. The summed E-state index contributed by atoms with van der Waals surface area (Å²) in [5, 5.41) is 5.86. The molecule has 2 saturated carbocycles. The molecule has 4 aromatic carbocycles. The summed E-state index contributed by atoms with van der Waals surface area (Å²) in [6, 6.07) is 27.6. The number of benzene rings is 4. The van der Waals surface area contributed by atoms with E-state index in [1.807, 2.05) is 41.3 Å².